The number of aromatic nitrogens is 2. The largest absolute Gasteiger partial charge is 0.432 e. The minimum absolute atomic E-state index is 0.489. The average molecular weight is 276 g/mol. The summed E-state index contributed by atoms with van der Waals surface area (Å²) in [5.74, 6) is -0.489. The van der Waals surface area contributed by atoms with Crippen molar-refractivity contribution in [3.05, 3.63) is 60.2 Å². The number of hydrogen-bond donors (Lipinski definition) is 1. The molecule has 2 aromatic rings. The minimum atomic E-state index is -0.575. The van der Waals surface area contributed by atoms with E-state index < -0.39 is 12.9 Å². The molecule has 0 spiro atoms. The van der Waals surface area contributed by atoms with Crippen LogP contribution in [0, 0.1) is 0 Å². The second-order valence-corrected chi connectivity index (χ2v) is 5.09. The first kappa shape index (κ1) is 13.8. The molecule has 3 rings (SSSR count). The molecule has 0 bridgehead atoms. The Morgan fingerprint density at radius 1 is 1.19 bits per heavy atom. The summed E-state index contributed by atoms with van der Waals surface area (Å²) in [4.78, 5) is 11.4. The van der Waals surface area contributed by atoms with Crippen molar-refractivity contribution in [1.29, 1.82) is 0 Å². The molecule has 102 valence electrons. The lowest BCUT2D eigenvalue weighted by atomic mass is 9.87. The summed E-state index contributed by atoms with van der Waals surface area (Å²) >= 11 is 0. The number of carbonyl (C=O) groups excluding carboxylic acids is 1. The number of allylic oxidation sites excluding steroid dienone is 4. The molecule has 1 N–H and O–H groups in total. The van der Waals surface area contributed by atoms with Gasteiger partial charge in [0.1, 0.15) is 0 Å². The maximum absolute atomic E-state index is 11.4. The fraction of sp³-hybridized carbons (Fsp3) is 0.133. The molecular weight excluding hydrogens is 262 g/mol. The summed E-state index contributed by atoms with van der Waals surface area (Å²) in [6.07, 6.45) is 8.22. The zero-order valence-corrected chi connectivity index (χ0v) is 11.7. The Hall–Kier alpha value is -2.20. The van der Waals surface area contributed by atoms with Gasteiger partial charge in [0.2, 0.25) is 7.85 Å². The van der Waals surface area contributed by atoms with Crippen molar-refractivity contribution < 1.29 is 9.82 Å². The van der Waals surface area contributed by atoms with E-state index >= 15 is 0 Å². The predicted molar refractivity (Wildman–Crippen MR) is 85.2 cm³/mol. The van der Waals surface area contributed by atoms with Gasteiger partial charge in [-0.1, -0.05) is 12.2 Å². The quantitative estimate of drug-likeness (QED) is 0.874. The summed E-state index contributed by atoms with van der Waals surface area (Å²) < 4.78 is 3.26. The fourth-order valence-electron chi connectivity index (χ4n) is 2.70. The SMILES string of the molecule is [B]C(=O)n1cccc1C1=CC=C(c2cccn2B(C)O)C1. The Balaban J connectivity index is 1.86. The van der Waals surface area contributed by atoms with Crippen LogP contribution >= 0.6 is 0 Å². The topological polar surface area (TPSA) is 47.2 Å². The molecule has 0 atom stereocenters. The lowest BCUT2D eigenvalue weighted by Gasteiger charge is -2.12. The molecule has 2 heterocycles. The third-order valence-electron chi connectivity index (χ3n) is 3.69. The van der Waals surface area contributed by atoms with Gasteiger partial charge in [0.05, 0.1) is 5.69 Å². The third kappa shape index (κ3) is 2.43. The molecule has 1 aliphatic carbocycles. The van der Waals surface area contributed by atoms with Crippen molar-refractivity contribution in [3.8, 4) is 0 Å². The Labute approximate surface area is 124 Å². The van der Waals surface area contributed by atoms with Gasteiger partial charge in [-0.25, -0.2) is 0 Å². The van der Waals surface area contributed by atoms with Crippen LogP contribution in [0.2, 0.25) is 6.82 Å². The number of nitrogens with zero attached hydrogens (tertiary/aromatic N) is 2. The Bertz CT molecular complexity index is 753. The van der Waals surface area contributed by atoms with Crippen LogP contribution in [0.3, 0.4) is 0 Å². The van der Waals surface area contributed by atoms with Crippen molar-refractivity contribution in [3.63, 3.8) is 0 Å². The van der Waals surface area contributed by atoms with Gasteiger partial charge in [0.15, 0.2) is 5.81 Å². The first-order chi connectivity index (χ1) is 10.1. The zero-order chi connectivity index (χ0) is 15.0. The summed E-state index contributed by atoms with van der Waals surface area (Å²) in [7, 11) is 4.79. The maximum Gasteiger partial charge on any atom is 0.413 e. The molecule has 2 aromatic heterocycles. The summed E-state index contributed by atoms with van der Waals surface area (Å²) in [6, 6.07) is 7.56. The molecule has 2 radical (unpaired) electrons. The first-order valence-electron chi connectivity index (χ1n) is 6.80. The fourth-order valence-corrected chi connectivity index (χ4v) is 2.70. The Morgan fingerprint density at radius 3 is 2.48 bits per heavy atom. The molecule has 0 unspecified atom stereocenters. The van der Waals surface area contributed by atoms with E-state index in [-0.39, 0.29) is 0 Å². The zero-order valence-electron chi connectivity index (χ0n) is 11.7. The van der Waals surface area contributed by atoms with Crippen LogP contribution in [0.25, 0.3) is 11.1 Å². The van der Waals surface area contributed by atoms with E-state index in [0.717, 1.165) is 22.5 Å². The van der Waals surface area contributed by atoms with Crippen LogP contribution in [0.1, 0.15) is 17.8 Å². The standard InChI is InChI=1S/C15H14B2N2O2/c1-17(21)19-9-3-5-14(19)12-7-6-11(10-12)13-4-2-8-18(13)15(16)20/h2-9,21H,10H2,1H3. The van der Waals surface area contributed by atoms with E-state index in [4.69, 9.17) is 7.85 Å². The smallest absolute Gasteiger partial charge is 0.413 e. The molecule has 6 heteroatoms. The highest BCUT2D eigenvalue weighted by atomic mass is 16.2. The van der Waals surface area contributed by atoms with Gasteiger partial charge in [0.25, 0.3) is 0 Å². The summed E-state index contributed by atoms with van der Waals surface area (Å²) in [6.45, 7) is 1.73. The molecule has 0 aliphatic heterocycles. The first-order valence-corrected chi connectivity index (χ1v) is 6.80. The highest BCUT2D eigenvalue weighted by molar-refractivity contribution is 6.57. The average Bonchev–Trinajstić information content (AvgIpc) is 3.17. The lowest BCUT2D eigenvalue weighted by Crippen LogP contribution is -2.20. The number of rotatable bonds is 3. The molecule has 0 amide bonds. The molecular formula is C15H14B2N2O2. The van der Waals surface area contributed by atoms with Crippen LogP contribution in [0.5, 0.6) is 0 Å². The second kappa shape index (κ2) is 5.30. The van der Waals surface area contributed by atoms with Crippen molar-refractivity contribution >= 4 is 31.8 Å². The maximum atomic E-state index is 11.4. The molecule has 1 aliphatic rings. The van der Waals surface area contributed by atoms with E-state index in [1.165, 1.54) is 4.57 Å². The van der Waals surface area contributed by atoms with E-state index in [0.29, 0.717) is 6.42 Å². The van der Waals surface area contributed by atoms with Gasteiger partial charge >= 0.3 is 7.05 Å². The van der Waals surface area contributed by atoms with Crippen LogP contribution < -0.4 is 0 Å². The van der Waals surface area contributed by atoms with E-state index in [1.54, 1.807) is 19.1 Å². The van der Waals surface area contributed by atoms with Crippen molar-refractivity contribution in [2.24, 2.45) is 0 Å². The molecule has 0 aromatic carbocycles. The Kier molecular flexibility index (Phi) is 3.47. The van der Waals surface area contributed by atoms with Crippen molar-refractivity contribution in [2.45, 2.75) is 13.2 Å². The summed E-state index contributed by atoms with van der Waals surface area (Å²) in [5.41, 5.74) is 3.93. The lowest BCUT2D eigenvalue weighted by molar-refractivity contribution is 0.261. The molecule has 0 saturated carbocycles. The van der Waals surface area contributed by atoms with Gasteiger partial charge < -0.3 is 9.50 Å². The van der Waals surface area contributed by atoms with E-state index in [1.807, 2.05) is 41.0 Å². The van der Waals surface area contributed by atoms with Crippen molar-refractivity contribution in [1.82, 2.24) is 9.05 Å². The van der Waals surface area contributed by atoms with Crippen LogP contribution in [0.15, 0.2) is 48.8 Å². The number of carbonyl (C=O) groups is 1. The molecule has 0 saturated heterocycles. The molecule has 4 nitrogen and oxygen atoms in total. The predicted octanol–water partition coefficient (Wildman–Crippen LogP) is 2.26. The highest BCUT2D eigenvalue weighted by Crippen LogP contribution is 2.34. The van der Waals surface area contributed by atoms with Crippen molar-refractivity contribution in [2.75, 3.05) is 0 Å². The monoisotopic (exact) mass is 276 g/mol. The van der Waals surface area contributed by atoms with Gasteiger partial charge in [-0.15, -0.1) is 0 Å². The minimum Gasteiger partial charge on any atom is -0.432 e. The number of hydrogen-bond acceptors (Lipinski definition) is 2. The van der Waals surface area contributed by atoms with Crippen LogP contribution in [-0.4, -0.2) is 34.8 Å². The van der Waals surface area contributed by atoms with Gasteiger partial charge in [-0.3, -0.25) is 9.36 Å². The van der Waals surface area contributed by atoms with Gasteiger partial charge in [-0.05, 0) is 48.4 Å². The molecule has 0 fully saturated rings. The molecule has 21 heavy (non-hydrogen) atoms. The highest BCUT2D eigenvalue weighted by Gasteiger charge is 2.19. The van der Waals surface area contributed by atoms with Crippen LogP contribution in [-0.2, 0) is 0 Å². The second-order valence-electron chi connectivity index (χ2n) is 5.09. The van der Waals surface area contributed by atoms with Crippen LogP contribution in [0.4, 0.5) is 4.79 Å². The van der Waals surface area contributed by atoms with Gasteiger partial charge in [-0.2, -0.15) is 0 Å². The Morgan fingerprint density at radius 2 is 1.81 bits per heavy atom. The third-order valence-corrected chi connectivity index (χ3v) is 3.69. The van der Waals surface area contributed by atoms with Gasteiger partial charge in [0, 0.05) is 18.3 Å². The van der Waals surface area contributed by atoms with E-state index in [9.17, 15) is 9.82 Å². The van der Waals surface area contributed by atoms with E-state index in [2.05, 4.69) is 0 Å². The normalized spacial score (nSPS) is 14.0. The summed E-state index contributed by atoms with van der Waals surface area (Å²) in [5, 5.41) is 9.77.